The largest absolute Gasteiger partial charge is 0.338 e. The Kier molecular flexibility index (Phi) is 5.03. The average Bonchev–Trinajstić information content (AvgIpc) is 2.28. The molecule has 17 heavy (non-hydrogen) atoms. The molecule has 0 aliphatic carbocycles. The first-order valence-corrected chi connectivity index (χ1v) is 6.67. The summed E-state index contributed by atoms with van der Waals surface area (Å²) in [7, 11) is 0. The van der Waals surface area contributed by atoms with Crippen LogP contribution in [0.2, 0.25) is 0 Å². The van der Waals surface area contributed by atoms with Crippen LogP contribution in [0.15, 0.2) is 11.6 Å². The van der Waals surface area contributed by atoms with E-state index >= 15 is 0 Å². The van der Waals surface area contributed by atoms with Crippen LogP contribution in [0, 0.1) is 5.41 Å². The highest BCUT2D eigenvalue weighted by Crippen LogP contribution is 2.29. The van der Waals surface area contributed by atoms with Gasteiger partial charge in [0.1, 0.15) is 0 Å². The quantitative estimate of drug-likeness (QED) is 0.594. The lowest BCUT2D eigenvalue weighted by Gasteiger charge is -2.32. The summed E-state index contributed by atoms with van der Waals surface area (Å²) in [6.07, 6.45) is 5.39. The van der Waals surface area contributed by atoms with Crippen molar-refractivity contribution in [1.82, 2.24) is 10.2 Å². The second kappa shape index (κ2) is 6.08. The standard InChI is InChI=1S/C14H26N2O/c1-5-6-9-15-13(17)16-10-7-12(8-11-16)14(2,3)4/h7H,5-6,8-11H2,1-4H3,(H,15,17). The number of nitrogens with one attached hydrogen (secondary N) is 1. The first-order valence-electron chi connectivity index (χ1n) is 6.67. The zero-order chi connectivity index (χ0) is 12.9. The Morgan fingerprint density at radius 3 is 2.65 bits per heavy atom. The van der Waals surface area contributed by atoms with Gasteiger partial charge in [-0.1, -0.05) is 45.8 Å². The molecule has 1 N–H and O–H groups in total. The second-order valence-corrected chi connectivity index (χ2v) is 5.76. The molecule has 0 spiro atoms. The van der Waals surface area contributed by atoms with Crippen LogP contribution in [-0.4, -0.2) is 30.6 Å². The maximum atomic E-state index is 11.8. The van der Waals surface area contributed by atoms with Crippen molar-refractivity contribution in [3.8, 4) is 0 Å². The van der Waals surface area contributed by atoms with E-state index in [9.17, 15) is 4.79 Å². The SMILES string of the molecule is CCCCNC(=O)N1CC=C(C(C)(C)C)CC1. The fourth-order valence-corrected chi connectivity index (χ4v) is 2.02. The van der Waals surface area contributed by atoms with Crippen molar-refractivity contribution < 1.29 is 4.79 Å². The van der Waals surface area contributed by atoms with Gasteiger partial charge in [0.05, 0.1) is 0 Å². The predicted octanol–water partition coefficient (Wildman–Crippen LogP) is 3.17. The molecule has 2 amide bonds. The number of urea groups is 1. The first kappa shape index (κ1) is 14.1. The van der Waals surface area contributed by atoms with Gasteiger partial charge in [-0.15, -0.1) is 0 Å². The minimum atomic E-state index is 0.0858. The third-order valence-electron chi connectivity index (χ3n) is 3.27. The lowest BCUT2D eigenvalue weighted by Crippen LogP contribution is -2.43. The molecule has 0 radical (unpaired) electrons. The van der Waals surface area contributed by atoms with Gasteiger partial charge in [0.2, 0.25) is 0 Å². The van der Waals surface area contributed by atoms with Crippen molar-refractivity contribution in [3.05, 3.63) is 11.6 Å². The molecule has 1 rings (SSSR count). The summed E-state index contributed by atoms with van der Waals surface area (Å²) in [6, 6.07) is 0.0858. The van der Waals surface area contributed by atoms with Crippen LogP contribution < -0.4 is 5.32 Å². The monoisotopic (exact) mass is 238 g/mol. The summed E-state index contributed by atoms with van der Waals surface area (Å²) < 4.78 is 0. The molecule has 0 saturated carbocycles. The third-order valence-corrected chi connectivity index (χ3v) is 3.27. The summed E-state index contributed by atoms with van der Waals surface area (Å²) in [4.78, 5) is 13.7. The van der Waals surface area contributed by atoms with Crippen molar-refractivity contribution >= 4 is 6.03 Å². The Morgan fingerprint density at radius 2 is 2.18 bits per heavy atom. The van der Waals surface area contributed by atoms with E-state index < -0.39 is 0 Å². The summed E-state index contributed by atoms with van der Waals surface area (Å²) in [5.41, 5.74) is 1.71. The van der Waals surface area contributed by atoms with E-state index in [4.69, 9.17) is 0 Å². The van der Waals surface area contributed by atoms with Crippen LogP contribution in [-0.2, 0) is 0 Å². The van der Waals surface area contributed by atoms with Gasteiger partial charge in [0, 0.05) is 19.6 Å². The van der Waals surface area contributed by atoms with Gasteiger partial charge < -0.3 is 10.2 Å². The molecule has 0 saturated heterocycles. The third kappa shape index (κ3) is 4.41. The summed E-state index contributed by atoms with van der Waals surface area (Å²) in [5, 5.41) is 2.96. The lowest BCUT2D eigenvalue weighted by molar-refractivity contribution is 0.199. The number of hydrogen-bond donors (Lipinski definition) is 1. The van der Waals surface area contributed by atoms with Gasteiger partial charge in [-0.3, -0.25) is 0 Å². The summed E-state index contributed by atoms with van der Waals surface area (Å²) in [6.45, 7) is 11.2. The van der Waals surface area contributed by atoms with Crippen LogP contribution in [0.1, 0.15) is 47.0 Å². The van der Waals surface area contributed by atoms with Gasteiger partial charge in [-0.2, -0.15) is 0 Å². The Balaban J connectivity index is 2.41. The van der Waals surface area contributed by atoms with Crippen molar-refractivity contribution in [2.45, 2.75) is 47.0 Å². The molecule has 0 atom stereocenters. The molecule has 3 heteroatoms. The fourth-order valence-electron chi connectivity index (χ4n) is 2.02. The molecule has 98 valence electrons. The van der Waals surface area contributed by atoms with Gasteiger partial charge in [0.15, 0.2) is 0 Å². The molecule has 0 aromatic heterocycles. The minimum absolute atomic E-state index is 0.0858. The van der Waals surface area contributed by atoms with Crippen molar-refractivity contribution in [2.24, 2.45) is 5.41 Å². The molecule has 0 aromatic carbocycles. The number of nitrogens with zero attached hydrogens (tertiary/aromatic N) is 1. The van der Waals surface area contributed by atoms with E-state index in [1.165, 1.54) is 5.57 Å². The number of unbranched alkanes of at least 4 members (excludes halogenated alkanes) is 1. The van der Waals surface area contributed by atoms with Crippen molar-refractivity contribution in [2.75, 3.05) is 19.6 Å². The van der Waals surface area contributed by atoms with Crippen LogP contribution in [0.4, 0.5) is 4.79 Å². The predicted molar refractivity (Wildman–Crippen MR) is 72.0 cm³/mol. The lowest BCUT2D eigenvalue weighted by atomic mass is 9.83. The summed E-state index contributed by atoms with van der Waals surface area (Å²) in [5.74, 6) is 0. The van der Waals surface area contributed by atoms with Gasteiger partial charge in [-0.25, -0.2) is 4.79 Å². The maximum absolute atomic E-state index is 11.8. The molecule has 0 aromatic rings. The van der Waals surface area contributed by atoms with E-state index in [-0.39, 0.29) is 11.4 Å². The smallest absolute Gasteiger partial charge is 0.317 e. The molecule has 0 fully saturated rings. The Labute approximate surface area is 105 Å². The van der Waals surface area contributed by atoms with Crippen LogP contribution in [0.25, 0.3) is 0 Å². The Bertz CT molecular complexity index is 289. The van der Waals surface area contributed by atoms with Crippen molar-refractivity contribution in [3.63, 3.8) is 0 Å². The summed E-state index contributed by atoms with van der Waals surface area (Å²) >= 11 is 0. The highest BCUT2D eigenvalue weighted by Gasteiger charge is 2.23. The highest BCUT2D eigenvalue weighted by molar-refractivity contribution is 5.74. The van der Waals surface area contributed by atoms with E-state index in [1.807, 2.05) is 4.90 Å². The molecular formula is C14H26N2O. The van der Waals surface area contributed by atoms with Gasteiger partial charge in [-0.05, 0) is 18.3 Å². The number of amides is 2. The van der Waals surface area contributed by atoms with Gasteiger partial charge >= 0.3 is 6.03 Å². The fraction of sp³-hybridized carbons (Fsp3) is 0.786. The number of rotatable bonds is 3. The molecule has 3 nitrogen and oxygen atoms in total. The Morgan fingerprint density at radius 1 is 1.47 bits per heavy atom. The number of hydrogen-bond acceptors (Lipinski definition) is 1. The molecule has 0 unspecified atom stereocenters. The normalized spacial score (nSPS) is 16.7. The number of carbonyl (C=O) groups is 1. The maximum Gasteiger partial charge on any atom is 0.317 e. The molecule has 1 aliphatic heterocycles. The Hall–Kier alpha value is -0.990. The van der Waals surface area contributed by atoms with Crippen molar-refractivity contribution in [1.29, 1.82) is 0 Å². The minimum Gasteiger partial charge on any atom is -0.338 e. The highest BCUT2D eigenvalue weighted by atomic mass is 16.2. The number of carbonyl (C=O) groups excluding carboxylic acids is 1. The molecular weight excluding hydrogens is 212 g/mol. The van der Waals surface area contributed by atoms with E-state index in [0.717, 1.165) is 38.9 Å². The zero-order valence-corrected chi connectivity index (χ0v) is 11.7. The topological polar surface area (TPSA) is 32.3 Å². The zero-order valence-electron chi connectivity index (χ0n) is 11.7. The first-order chi connectivity index (χ1) is 7.95. The van der Waals surface area contributed by atoms with Crippen LogP contribution in [0.3, 0.4) is 0 Å². The van der Waals surface area contributed by atoms with E-state index in [2.05, 4.69) is 39.1 Å². The van der Waals surface area contributed by atoms with Gasteiger partial charge in [0.25, 0.3) is 0 Å². The molecule has 1 heterocycles. The molecule has 1 aliphatic rings. The van der Waals surface area contributed by atoms with E-state index in [1.54, 1.807) is 0 Å². The second-order valence-electron chi connectivity index (χ2n) is 5.76. The van der Waals surface area contributed by atoms with Crippen LogP contribution >= 0.6 is 0 Å². The average molecular weight is 238 g/mol. The van der Waals surface area contributed by atoms with Crippen LogP contribution in [0.5, 0.6) is 0 Å². The van der Waals surface area contributed by atoms with E-state index in [0.29, 0.717) is 0 Å². The molecule has 0 bridgehead atoms.